The van der Waals surface area contributed by atoms with Crippen molar-refractivity contribution < 1.29 is 19.6 Å². The van der Waals surface area contributed by atoms with Crippen LogP contribution in [0.1, 0.15) is 39.5 Å². The zero-order valence-corrected chi connectivity index (χ0v) is 11.9. The van der Waals surface area contributed by atoms with Crippen molar-refractivity contribution in [2.24, 2.45) is 11.1 Å². The van der Waals surface area contributed by atoms with E-state index in [9.17, 15) is 14.4 Å². The van der Waals surface area contributed by atoms with E-state index in [1.807, 2.05) is 13.8 Å². The second-order valence-electron chi connectivity index (χ2n) is 4.71. The highest BCUT2D eigenvalue weighted by Gasteiger charge is 2.49. The number of carbonyl (C=O) groups excluding carboxylic acids is 3. The summed E-state index contributed by atoms with van der Waals surface area (Å²) in [4.78, 5) is 37.0. The molecule has 112 valence electrons. The highest BCUT2D eigenvalue weighted by molar-refractivity contribution is 6.54. The van der Waals surface area contributed by atoms with E-state index in [4.69, 9.17) is 5.21 Å². The minimum Gasteiger partial charge on any atom is -0.410 e. The van der Waals surface area contributed by atoms with Crippen molar-refractivity contribution in [1.29, 1.82) is 0 Å². The van der Waals surface area contributed by atoms with Crippen LogP contribution in [0.4, 0.5) is 0 Å². The maximum absolute atomic E-state index is 12.1. The second-order valence-corrected chi connectivity index (χ2v) is 4.71. The average Bonchev–Trinajstić information content (AvgIpc) is 2.67. The first kappa shape index (κ1) is 16.1. The fraction of sp³-hybridized carbons (Fsp3) is 0.692. The number of oxime groups is 1. The molecule has 0 spiro atoms. The second kappa shape index (κ2) is 7.62. The number of nitrogens with one attached hydrogen (secondary N) is 1. The minimum absolute atomic E-state index is 0.242. The van der Waals surface area contributed by atoms with Gasteiger partial charge in [-0.3, -0.25) is 19.3 Å². The molecule has 1 rings (SSSR count). The van der Waals surface area contributed by atoms with E-state index in [1.165, 1.54) is 0 Å². The summed E-state index contributed by atoms with van der Waals surface area (Å²) in [6.45, 7) is 4.58. The van der Waals surface area contributed by atoms with Crippen molar-refractivity contribution in [2.45, 2.75) is 39.5 Å². The van der Waals surface area contributed by atoms with Gasteiger partial charge in [0.15, 0.2) is 11.6 Å². The van der Waals surface area contributed by atoms with Crippen LogP contribution in [0, 0.1) is 5.92 Å². The van der Waals surface area contributed by atoms with E-state index < -0.39 is 23.6 Å². The lowest BCUT2D eigenvalue weighted by Crippen LogP contribution is -2.39. The molecule has 1 unspecified atom stereocenters. The van der Waals surface area contributed by atoms with Crippen LogP contribution in [-0.2, 0) is 14.4 Å². The van der Waals surface area contributed by atoms with Gasteiger partial charge in [-0.05, 0) is 12.8 Å². The topological polar surface area (TPSA) is 99.1 Å². The third kappa shape index (κ3) is 3.34. The number of rotatable bonds is 7. The van der Waals surface area contributed by atoms with Gasteiger partial charge in [-0.2, -0.15) is 0 Å². The average molecular weight is 283 g/mol. The molecule has 0 aliphatic carbocycles. The van der Waals surface area contributed by atoms with Crippen LogP contribution in [0.15, 0.2) is 5.16 Å². The summed E-state index contributed by atoms with van der Waals surface area (Å²) in [5.74, 6) is -3.18. The van der Waals surface area contributed by atoms with Crippen LogP contribution >= 0.6 is 0 Å². The van der Waals surface area contributed by atoms with E-state index in [1.54, 1.807) is 0 Å². The van der Waals surface area contributed by atoms with Crippen molar-refractivity contribution in [3.8, 4) is 0 Å². The largest absolute Gasteiger partial charge is 0.410 e. The fourth-order valence-corrected chi connectivity index (χ4v) is 1.99. The Morgan fingerprint density at radius 2 is 1.95 bits per heavy atom. The van der Waals surface area contributed by atoms with Crippen LogP contribution in [0.3, 0.4) is 0 Å². The lowest BCUT2D eigenvalue weighted by atomic mass is 10.1. The van der Waals surface area contributed by atoms with Crippen LogP contribution in [-0.4, -0.2) is 46.6 Å². The molecule has 20 heavy (non-hydrogen) atoms. The molecule has 3 amide bonds. The Morgan fingerprint density at radius 1 is 1.30 bits per heavy atom. The maximum atomic E-state index is 12.1. The van der Waals surface area contributed by atoms with Crippen molar-refractivity contribution in [3.63, 3.8) is 0 Å². The summed E-state index contributed by atoms with van der Waals surface area (Å²) in [5.41, 5.74) is -0.389. The Labute approximate surface area is 118 Å². The summed E-state index contributed by atoms with van der Waals surface area (Å²) >= 11 is 0. The van der Waals surface area contributed by atoms with Crippen molar-refractivity contribution >= 4 is 23.4 Å². The zero-order valence-electron chi connectivity index (χ0n) is 11.9. The molecule has 2 N–H and O–H groups in total. The van der Waals surface area contributed by atoms with Gasteiger partial charge < -0.3 is 10.5 Å². The standard InChI is InChI=1S/C13H21N3O4/c1-3-5-7-14-11(17)9-10(15-20)13(19)16(12(9)18)8-6-4-2/h9,20H,3-8H2,1-2H3,(H,14,17). The van der Waals surface area contributed by atoms with Crippen LogP contribution in [0.25, 0.3) is 0 Å². The molecule has 0 radical (unpaired) electrons. The van der Waals surface area contributed by atoms with Gasteiger partial charge in [0.2, 0.25) is 11.8 Å². The van der Waals surface area contributed by atoms with Gasteiger partial charge in [-0.15, -0.1) is 0 Å². The normalized spacial score (nSPS) is 20.8. The number of unbranched alkanes of at least 4 members (excludes halogenated alkanes) is 2. The van der Waals surface area contributed by atoms with Crippen LogP contribution < -0.4 is 5.32 Å². The molecule has 1 aliphatic heterocycles. The number of hydrogen-bond acceptors (Lipinski definition) is 5. The summed E-state index contributed by atoms with van der Waals surface area (Å²) in [5, 5.41) is 14.3. The number of amides is 3. The number of carbonyl (C=O) groups is 3. The third-order valence-corrected chi connectivity index (χ3v) is 3.19. The van der Waals surface area contributed by atoms with E-state index in [0.29, 0.717) is 13.0 Å². The Morgan fingerprint density at radius 3 is 2.50 bits per heavy atom. The predicted octanol–water partition coefficient (Wildman–Crippen LogP) is 0.518. The molecule has 0 aromatic rings. The lowest BCUT2D eigenvalue weighted by molar-refractivity contribution is -0.141. The van der Waals surface area contributed by atoms with Gasteiger partial charge in [0.25, 0.3) is 5.91 Å². The number of nitrogens with zero attached hydrogens (tertiary/aromatic N) is 2. The van der Waals surface area contributed by atoms with Crippen LogP contribution in [0.2, 0.25) is 0 Å². The van der Waals surface area contributed by atoms with Crippen molar-refractivity contribution in [2.75, 3.05) is 13.1 Å². The first-order valence-electron chi connectivity index (χ1n) is 6.93. The van der Waals surface area contributed by atoms with E-state index in [2.05, 4.69) is 10.5 Å². The minimum atomic E-state index is -1.32. The van der Waals surface area contributed by atoms with Crippen molar-refractivity contribution in [1.82, 2.24) is 10.2 Å². The highest BCUT2D eigenvalue weighted by Crippen LogP contribution is 2.18. The van der Waals surface area contributed by atoms with Crippen LogP contribution in [0.5, 0.6) is 0 Å². The summed E-state index contributed by atoms with van der Waals surface area (Å²) < 4.78 is 0. The predicted molar refractivity (Wildman–Crippen MR) is 72.3 cm³/mol. The van der Waals surface area contributed by atoms with Gasteiger partial charge in [-0.1, -0.05) is 31.8 Å². The van der Waals surface area contributed by atoms with Gasteiger partial charge >= 0.3 is 0 Å². The molecule has 7 nitrogen and oxygen atoms in total. The lowest BCUT2D eigenvalue weighted by Gasteiger charge is -2.13. The van der Waals surface area contributed by atoms with Gasteiger partial charge in [0.05, 0.1) is 0 Å². The molecular formula is C13H21N3O4. The first-order valence-corrected chi connectivity index (χ1v) is 6.93. The van der Waals surface area contributed by atoms with E-state index >= 15 is 0 Å². The molecule has 1 fully saturated rings. The molecule has 0 aromatic heterocycles. The van der Waals surface area contributed by atoms with Gasteiger partial charge in [0.1, 0.15) is 0 Å². The molecular weight excluding hydrogens is 262 g/mol. The number of likely N-dealkylation sites (tertiary alicyclic amines) is 1. The smallest absolute Gasteiger partial charge is 0.279 e. The molecule has 1 aliphatic rings. The summed E-state index contributed by atoms with van der Waals surface area (Å²) in [6, 6.07) is 0. The highest BCUT2D eigenvalue weighted by atomic mass is 16.4. The van der Waals surface area contributed by atoms with Crippen molar-refractivity contribution in [3.05, 3.63) is 0 Å². The first-order chi connectivity index (χ1) is 9.58. The molecule has 0 bridgehead atoms. The molecule has 1 heterocycles. The monoisotopic (exact) mass is 283 g/mol. The molecule has 7 heteroatoms. The quantitative estimate of drug-likeness (QED) is 0.234. The molecule has 0 saturated carbocycles. The Kier molecular flexibility index (Phi) is 6.14. The summed E-state index contributed by atoms with van der Waals surface area (Å²) in [6.07, 6.45) is 3.16. The Balaban J connectivity index is 2.81. The zero-order chi connectivity index (χ0) is 15.1. The molecule has 1 atom stereocenters. The van der Waals surface area contributed by atoms with Gasteiger partial charge in [-0.25, -0.2) is 0 Å². The SMILES string of the molecule is CCCCNC(=O)C1C(=O)N(CCCC)C(=O)C1=NO. The number of imide groups is 1. The maximum Gasteiger partial charge on any atom is 0.279 e. The Bertz CT molecular complexity index is 420. The van der Waals surface area contributed by atoms with E-state index in [0.717, 1.165) is 24.2 Å². The third-order valence-electron chi connectivity index (χ3n) is 3.19. The van der Waals surface area contributed by atoms with Gasteiger partial charge in [0, 0.05) is 13.1 Å². The number of hydrogen-bond donors (Lipinski definition) is 2. The summed E-state index contributed by atoms with van der Waals surface area (Å²) in [7, 11) is 0. The fourth-order valence-electron chi connectivity index (χ4n) is 1.99. The molecule has 0 aromatic carbocycles. The Hall–Kier alpha value is -1.92. The molecule has 1 saturated heterocycles. The van der Waals surface area contributed by atoms with E-state index in [-0.39, 0.29) is 12.3 Å².